The molecule has 1 atom stereocenters. The van der Waals surface area contributed by atoms with Crippen LogP contribution < -0.4 is 15.8 Å². The van der Waals surface area contributed by atoms with Gasteiger partial charge in [0.05, 0.1) is 12.1 Å². The Labute approximate surface area is 157 Å². The van der Waals surface area contributed by atoms with Crippen LogP contribution in [0.1, 0.15) is 16.8 Å². The summed E-state index contributed by atoms with van der Waals surface area (Å²) < 4.78 is 0.847. The SMILES string of the molecule is O=C(NNC1CC(=O)N(c2ccc(Br)cc2)C1=O)c1ccc(Cl)cc1. The van der Waals surface area contributed by atoms with Crippen molar-refractivity contribution in [2.75, 3.05) is 4.90 Å². The highest BCUT2D eigenvalue weighted by Crippen LogP contribution is 2.24. The standard InChI is InChI=1S/C17H13BrClN3O3/c18-11-3-7-13(8-4-11)22-15(23)9-14(17(22)25)20-21-16(24)10-1-5-12(19)6-2-10/h1-8,14,20H,9H2,(H,21,24). The lowest BCUT2D eigenvalue weighted by Gasteiger charge is -2.16. The largest absolute Gasteiger partial charge is 0.287 e. The number of halogens is 2. The van der Waals surface area contributed by atoms with Crippen LogP contribution in [0, 0.1) is 0 Å². The van der Waals surface area contributed by atoms with Crippen LogP contribution in [0.5, 0.6) is 0 Å². The molecule has 3 amide bonds. The number of benzene rings is 2. The average Bonchev–Trinajstić information content (AvgIpc) is 2.88. The monoisotopic (exact) mass is 421 g/mol. The molecule has 0 spiro atoms. The van der Waals surface area contributed by atoms with Crippen LogP contribution in [0.15, 0.2) is 53.0 Å². The average molecular weight is 423 g/mol. The molecule has 0 bridgehead atoms. The Kier molecular flexibility index (Phi) is 5.17. The Morgan fingerprint density at radius 2 is 1.72 bits per heavy atom. The van der Waals surface area contributed by atoms with Gasteiger partial charge in [0.15, 0.2) is 0 Å². The van der Waals surface area contributed by atoms with Gasteiger partial charge in [-0.05, 0) is 48.5 Å². The molecule has 6 nitrogen and oxygen atoms in total. The molecule has 2 aromatic carbocycles. The zero-order valence-corrected chi connectivity index (χ0v) is 15.2. The van der Waals surface area contributed by atoms with Gasteiger partial charge in [-0.15, -0.1) is 0 Å². The molecule has 0 radical (unpaired) electrons. The third-order valence-electron chi connectivity index (χ3n) is 3.70. The molecule has 128 valence electrons. The normalized spacial score (nSPS) is 17.0. The topological polar surface area (TPSA) is 78.5 Å². The van der Waals surface area contributed by atoms with E-state index in [1.807, 2.05) is 0 Å². The number of amides is 3. The van der Waals surface area contributed by atoms with Crippen molar-refractivity contribution in [3.63, 3.8) is 0 Å². The third kappa shape index (κ3) is 3.89. The van der Waals surface area contributed by atoms with E-state index in [0.717, 1.165) is 9.37 Å². The summed E-state index contributed by atoms with van der Waals surface area (Å²) in [6, 6.07) is 12.4. The van der Waals surface area contributed by atoms with Crippen molar-refractivity contribution in [3.8, 4) is 0 Å². The highest BCUT2D eigenvalue weighted by molar-refractivity contribution is 9.10. The zero-order chi connectivity index (χ0) is 18.0. The van der Waals surface area contributed by atoms with Crippen molar-refractivity contribution in [1.29, 1.82) is 0 Å². The van der Waals surface area contributed by atoms with E-state index in [-0.39, 0.29) is 12.3 Å². The van der Waals surface area contributed by atoms with Crippen molar-refractivity contribution in [2.45, 2.75) is 12.5 Å². The molecular formula is C17H13BrClN3O3. The maximum atomic E-state index is 12.5. The molecule has 2 N–H and O–H groups in total. The smallest absolute Gasteiger partial charge is 0.265 e. The van der Waals surface area contributed by atoms with Gasteiger partial charge in [-0.1, -0.05) is 27.5 Å². The lowest BCUT2D eigenvalue weighted by molar-refractivity contribution is -0.121. The second kappa shape index (κ2) is 7.35. The van der Waals surface area contributed by atoms with Crippen molar-refractivity contribution in [1.82, 2.24) is 10.9 Å². The predicted molar refractivity (Wildman–Crippen MR) is 97.1 cm³/mol. The third-order valence-corrected chi connectivity index (χ3v) is 4.48. The first-order valence-electron chi connectivity index (χ1n) is 7.39. The summed E-state index contributed by atoms with van der Waals surface area (Å²) in [5.74, 6) is -1.16. The second-order valence-corrected chi connectivity index (χ2v) is 6.76. The van der Waals surface area contributed by atoms with Gasteiger partial charge in [-0.2, -0.15) is 0 Å². The van der Waals surface area contributed by atoms with Crippen LogP contribution in [0.25, 0.3) is 0 Å². The van der Waals surface area contributed by atoms with Gasteiger partial charge in [-0.3, -0.25) is 19.8 Å². The molecule has 1 heterocycles. The molecule has 0 aromatic heterocycles. The summed E-state index contributed by atoms with van der Waals surface area (Å²) in [6.45, 7) is 0. The number of hydrogen-bond donors (Lipinski definition) is 2. The molecule has 3 rings (SSSR count). The summed E-state index contributed by atoms with van der Waals surface area (Å²) in [5.41, 5.74) is 5.96. The molecule has 1 fully saturated rings. The lowest BCUT2D eigenvalue weighted by atomic mass is 10.2. The fourth-order valence-electron chi connectivity index (χ4n) is 2.43. The molecule has 25 heavy (non-hydrogen) atoms. The Morgan fingerprint density at radius 3 is 2.36 bits per heavy atom. The van der Waals surface area contributed by atoms with E-state index in [2.05, 4.69) is 26.8 Å². The van der Waals surface area contributed by atoms with E-state index in [9.17, 15) is 14.4 Å². The van der Waals surface area contributed by atoms with Crippen LogP contribution in [0.3, 0.4) is 0 Å². The number of nitrogens with zero attached hydrogens (tertiary/aromatic N) is 1. The van der Waals surface area contributed by atoms with Crippen LogP contribution in [-0.4, -0.2) is 23.8 Å². The van der Waals surface area contributed by atoms with E-state index in [4.69, 9.17) is 11.6 Å². The van der Waals surface area contributed by atoms with Crippen molar-refractivity contribution in [2.24, 2.45) is 0 Å². The Bertz CT molecular complexity index is 824. The highest BCUT2D eigenvalue weighted by Gasteiger charge is 2.39. The van der Waals surface area contributed by atoms with Gasteiger partial charge in [0.2, 0.25) is 5.91 Å². The Morgan fingerprint density at radius 1 is 1.08 bits per heavy atom. The molecule has 0 aliphatic carbocycles. The second-order valence-electron chi connectivity index (χ2n) is 5.41. The highest BCUT2D eigenvalue weighted by atomic mass is 79.9. The van der Waals surface area contributed by atoms with E-state index >= 15 is 0 Å². The number of imide groups is 1. The maximum absolute atomic E-state index is 12.5. The minimum absolute atomic E-state index is 0.0319. The van der Waals surface area contributed by atoms with E-state index in [1.165, 1.54) is 0 Å². The number of rotatable bonds is 4. The molecule has 2 aromatic rings. The van der Waals surface area contributed by atoms with Crippen LogP contribution >= 0.6 is 27.5 Å². The number of nitrogens with one attached hydrogen (secondary N) is 2. The number of hydrogen-bond acceptors (Lipinski definition) is 4. The molecule has 1 aliphatic rings. The van der Waals surface area contributed by atoms with Crippen LogP contribution in [0.2, 0.25) is 5.02 Å². The number of anilines is 1. The van der Waals surface area contributed by atoms with Gasteiger partial charge < -0.3 is 0 Å². The maximum Gasteiger partial charge on any atom is 0.265 e. The first kappa shape index (κ1) is 17.6. The van der Waals surface area contributed by atoms with E-state index in [1.54, 1.807) is 48.5 Å². The molecular weight excluding hydrogens is 410 g/mol. The van der Waals surface area contributed by atoms with Gasteiger partial charge in [0.25, 0.3) is 11.8 Å². The molecule has 1 saturated heterocycles. The minimum Gasteiger partial charge on any atom is -0.287 e. The summed E-state index contributed by atoms with van der Waals surface area (Å²) in [4.78, 5) is 37.8. The zero-order valence-electron chi connectivity index (χ0n) is 12.8. The quantitative estimate of drug-likeness (QED) is 0.586. The minimum atomic E-state index is -0.813. The number of carbonyl (C=O) groups is 3. The first-order valence-corrected chi connectivity index (χ1v) is 8.56. The first-order chi connectivity index (χ1) is 12.0. The fraction of sp³-hybridized carbons (Fsp3) is 0.118. The molecule has 0 saturated carbocycles. The molecule has 1 unspecified atom stereocenters. The molecule has 8 heteroatoms. The van der Waals surface area contributed by atoms with Crippen molar-refractivity contribution >= 4 is 50.9 Å². The van der Waals surface area contributed by atoms with Gasteiger partial charge in [0, 0.05) is 15.1 Å². The summed E-state index contributed by atoms with van der Waals surface area (Å²) in [5, 5.41) is 0.520. The lowest BCUT2D eigenvalue weighted by Crippen LogP contribution is -2.48. The fourth-order valence-corrected chi connectivity index (χ4v) is 2.82. The van der Waals surface area contributed by atoms with Crippen LogP contribution in [0.4, 0.5) is 5.69 Å². The summed E-state index contributed by atoms with van der Waals surface area (Å²) in [6.07, 6.45) is -0.0319. The van der Waals surface area contributed by atoms with Gasteiger partial charge >= 0.3 is 0 Å². The number of hydrazine groups is 1. The summed E-state index contributed by atoms with van der Waals surface area (Å²) >= 11 is 9.09. The summed E-state index contributed by atoms with van der Waals surface area (Å²) in [7, 11) is 0. The van der Waals surface area contributed by atoms with Gasteiger partial charge in [0.1, 0.15) is 6.04 Å². The molecule has 1 aliphatic heterocycles. The van der Waals surface area contributed by atoms with Crippen LogP contribution in [-0.2, 0) is 9.59 Å². The van der Waals surface area contributed by atoms with Crippen molar-refractivity contribution in [3.05, 3.63) is 63.6 Å². The Hall–Kier alpha value is -2.22. The van der Waals surface area contributed by atoms with Gasteiger partial charge in [-0.25, -0.2) is 10.3 Å². The predicted octanol–water partition coefficient (Wildman–Crippen LogP) is 2.67. The van der Waals surface area contributed by atoms with E-state index < -0.39 is 17.9 Å². The Balaban J connectivity index is 1.65. The number of carbonyl (C=O) groups excluding carboxylic acids is 3. The van der Waals surface area contributed by atoms with Crippen molar-refractivity contribution < 1.29 is 14.4 Å². The van der Waals surface area contributed by atoms with E-state index in [0.29, 0.717) is 16.3 Å².